The van der Waals surface area contributed by atoms with Crippen molar-refractivity contribution in [3.8, 4) is 0 Å². The van der Waals surface area contributed by atoms with Crippen molar-refractivity contribution in [2.45, 2.75) is 30.7 Å². The number of nitrogens with zero attached hydrogens (tertiary/aromatic N) is 2. The molecule has 0 bridgehead atoms. The third-order valence-corrected chi connectivity index (χ3v) is 7.11. The lowest BCUT2D eigenvalue weighted by atomic mass is 9.92. The number of benzene rings is 1. The van der Waals surface area contributed by atoms with E-state index in [9.17, 15) is 18.0 Å². The molecule has 2 unspecified atom stereocenters. The first-order chi connectivity index (χ1) is 12.8. The zero-order valence-electron chi connectivity index (χ0n) is 15.8. The highest BCUT2D eigenvalue weighted by atomic mass is 35.5. The Morgan fingerprint density at radius 3 is 2.54 bits per heavy atom. The number of piperidine rings is 1. The van der Waals surface area contributed by atoms with E-state index in [1.807, 2.05) is 0 Å². The molecule has 3 rings (SSSR count). The predicted molar refractivity (Wildman–Crippen MR) is 108 cm³/mol. The monoisotopic (exact) mass is 430 g/mol. The summed E-state index contributed by atoms with van der Waals surface area (Å²) in [6.07, 6.45) is 1.82. The number of carbonyl (C=O) groups is 2. The first-order valence-corrected chi connectivity index (χ1v) is 10.6. The van der Waals surface area contributed by atoms with E-state index in [2.05, 4.69) is 12.2 Å². The van der Waals surface area contributed by atoms with Crippen LogP contribution in [0.4, 0.5) is 0 Å². The summed E-state index contributed by atoms with van der Waals surface area (Å²) >= 11 is 0. The van der Waals surface area contributed by atoms with Gasteiger partial charge in [-0.05, 0) is 43.0 Å². The Balaban J connectivity index is 0.00000280. The molecule has 10 heteroatoms. The van der Waals surface area contributed by atoms with Crippen LogP contribution in [0.2, 0.25) is 0 Å². The summed E-state index contributed by atoms with van der Waals surface area (Å²) in [6, 6.07) is 5.94. The van der Waals surface area contributed by atoms with Gasteiger partial charge >= 0.3 is 0 Å². The number of likely N-dealkylation sites (tertiary alicyclic amines) is 1. The average Bonchev–Trinajstić information content (AvgIpc) is 2.67. The highest BCUT2D eigenvalue weighted by molar-refractivity contribution is 7.89. The van der Waals surface area contributed by atoms with Gasteiger partial charge < -0.3 is 16.0 Å². The molecule has 1 aromatic carbocycles. The first-order valence-electron chi connectivity index (χ1n) is 9.21. The van der Waals surface area contributed by atoms with Crippen LogP contribution in [-0.4, -0.2) is 68.2 Å². The maximum absolute atomic E-state index is 12.8. The van der Waals surface area contributed by atoms with Gasteiger partial charge in [0.05, 0.1) is 11.4 Å². The fourth-order valence-electron chi connectivity index (χ4n) is 3.65. The Morgan fingerprint density at radius 1 is 1.25 bits per heavy atom. The lowest BCUT2D eigenvalue weighted by Crippen LogP contribution is -2.50. The van der Waals surface area contributed by atoms with Gasteiger partial charge in [-0.15, -0.1) is 12.4 Å². The van der Waals surface area contributed by atoms with E-state index in [4.69, 9.17) is 5.73 Å². The number of amides is 2. The smallest absolute Gasteiger partial charge is 0.254 e. The third-order valence-electron chi connectivity index (χ3n) is 5.25. The van der Waals surface area contributed by atoms with Crippen molar-refractivity contribution in [3.63, 3.8) is 0 Å². The van der Waals surface area contributed by atoms with Crippen LogP contribution in [0.5, 0.6) is 0 Å². The van der Waals surface area contributed by atoms with Crippen LogP contribution in [0, 0.1) is 5.92 Å². The second kappa shape index (κ2) is 9.21. The summed E-state index contributed by atoms with van der Waals surface area (Å²) in [5, 5.41) is 2.60. The highest BCUT2D eigenvalue weighted by Crippen LogP contribution is 2.24. The molecule has 2 aliphatic rings. The number of nitrogens with one attached hydrogen (secondary N) is 1. The Kier molecular flexibility index (Phi) is 7.44. The molecule has 0 aliphatic carbocycles. The molecule has 3 N–H and O–H groups in total. The maximum atomic E-state index is 12.8. The van der Waals surface area contributed by atoms with E-state index < -0.39 is 10.0 Å². The van der Waals surface area contributed by atoms with Gasteiger partial charge in [-0.1, -0.05) is 6.92 Å². The van der Waals surface area contributed by atoms with E-state index in [0.29, 0.717) is 31.1 Å². The van der Waals surface area contributed by atoms with Crippen LogP contribution in [0.25, 0.3) is 0 Å². The van der Waals surface area contributed by atoms with Gasteiger partial charge in [-0.3, -0.25) is 9.59 Å². The van der Waals surface area contributed by atoms with Crippen molar-refractivity contribution in [2.75, 3.05) is 32.7 Å². The fraction of sp³-hybridized carbons (Fsp3) is 0.556. The van der Waals surface area contributed by atoms with Gasteiger partial charge in [0, 0.05) is 37.8 Å². The van der Waals surface area contributed by atoms with Crippen LogP contribution in [0.3, 0.4) is 0 Å². The minimum absolute atomic E-state index is 0. The first kappa shape index (κ1) is 22.6. The van der Waals surface area contributed by atoms with Crippen molar-refractivity contribution < 1.29 is 18.0 Å². The number of nitrogens with two attached hydrogens (primary N) is 1. The largest absolute Gasteiger partial charge is 0.354 e. The van der Waals surface area contributed by atoms with Crippen molar-refractivity contribution in [1.82, 2.24) is 14.5 Å². The van der Waals surface area contributed by atoms with Crippen molar-refractivity contribution >= 4 is 34.2 Å². The summed E-state index contributed by atoms with van der Waals surface area (Å²) in [4.78, 5) is 26.2. The summed E-state index contributed by atoms with van der Waals surface area (Å²) in [6.45, 7) is 3.57. The second-order valence-electron chi connectivity index (χ2n) is 7.23. The number of rotatable bonds is 4. The summed E-state index contributed by atoms with van der Waals surface area (Å²) in [5.74, 6) is 0.0966. The Morgan fingerprint density at radius 2 is 1.93 bits per heavy atom. The fourth-order valence-corrected chi connectivity index (χ4v) is 5.04. The quantitative estimate of drug-likeness (QED) is 0.719. The molecule has 0 radical (unpaired) electrons. The normalized spacial score (nSPS) is 23.6. The molecule has 2 heterocycles. The molecule has 2 saturated heterocycles. The predicted octanol–water partition coefficient (Wildman–Crippen LogP) is 0.428. The number of piperazine rings is 1. The number of carbonyl (C=O) groups excluding carboxylic acids is 2. The zero-order chi connectivity index (χ0) is 19.6. The number of hydrogen-bond donors (Lipinski definition) is 2. The molecule has 28 heavy (non-hydrogen) atoms. The van der Waals surface area contributed by atoms with E-state index in [1.54, 1.807) is 4.90 Å². The lowest BCUT2D eigenvalue weighted by molar-refractivity contribution is -0.122. The molecule has 2 atom stereocenters. The average molecular weight is 431 g/mol. The summed E-state index contributed by atoms with van der Waals surface area (Å²) in [5.41, 5.74) is 6.28. The molecule has 1 aromatic rings. The number of sulfonamides is 1. The summed E-state index contributed by atoms with van der Waals surface area (Å²) < 4.78 is 26.5. The Hall–Kier alpha value is -1.68. The van der Waals surface area contributed by atoms with Gasteiger partial charge in [0.25, 0.3) is 5.91 Å². The van der Waals surface area contributed by atoms with Gasteiger partial charge in [-0.2, -0.15) is 4.31 Å². The van der Waals surface area contributed by atoms with Crippen LogP contribution in [0.15, 0.2) is 29.2 Å². The molecule has 156 valence electrons. The van der Waals surface area contributed by atoms with Gasteiger partial charge in [0.1, 0.15) is 0 Å². The van der Waals surface area contributed by atoms with E-state index >= 15 is 0 Å². The highest BCUT2D eigenvalue weighted by Gasteiger charge is 2.31. The van der Waals surface area contributed by atoms with Crippen LogP contribution >= 0.6 is 12.4 Å². The van der Waals surface area contributed by atoms with Crippen molar-refractivity contribution in [1.29, 1.82) is 0 Å². The molecule has 8 nitrogen and oxygen atoms in total. The van der Waals surface area contributed by atoms with Crippen molar-refractivity contribution in [2.24, 2.45) is 11.7 Å². The van der Waals surface area contributed by atoms with Gasteiger partial charge in [0.2, 0.25) is 15.9 Å². The molecular formula is C18H27ClN4O4S. The van der Waals surface area contributed by atoms with Gasteiger partial charge in [-0.25, -0.2) is 8.42 Å². The molecule has 0 aromatic heterocycles. The number of hydrogen-bond acceptors (Lipinski definition) is 5. The minimum Gasteiger partial charge on any atom is -0.354 e. The maximum Gasteiger partial charge on any atom is 0.254 e. The Bertz CT molecular complexity index is 815. The topological polar surface area (TPSA) is 113 Å². The molecule has 0 saturated carbocycles. The van der Waals surface area contributed by atoms with Gasteiger partial charge in [0.15, 0.2) is 0 Å². The van der Waals surface area contributed by atoms with Crippen LogP contribution in [0.1, 0.15) is 30.1 Å². The molecule has 0 spiro atoms. The zero-order valence-corrected chi connectivity index (χ0v) is 17.5. The molecule has 2 fully saturated rings. The molecular weight excluding hydrogens is 404 g/mol. The lowest BCUT2D eigenvalue weighted by Gasteiger charge is -2.38. The van der Waals surface area contributed by atoms with E-state index in [0.717, 1.165) is 17.1 Å². The molecule has 2 aliphatic heterocycles. The third kappa shape index (κ3) is 4.65. The summed E-state index contributed by atoms with van der Waals surface area (Å²) in [7, 11) is -3.76. The number of halogens is 1. The SMILES string of the molecule is CC1CCN(C(=O)c2ccc(S(=O)(=O)N3CCNC(=O)C3)cc2)C(CN)C1.Cl. The Labute approximate surface area is 171 Å². The van der Waals surface area contributed by atoms with Crippen LogP contribution < -0.4 is 11.1 Å². The van der Waals surface area contributed by atoms with Crippen LogP contribution in [-0.2, 0) is 14.8 Å². The van der Waals surface area contributed by atoms with E-state index in [-0.39, 0.29) is 48.2 Å². The van der Waals surface area contributed by atoms with Crippen molar-refractivity contribution in [3.05, 3.63) is 29.8 Å². The standard InChI is InChI=1S/C18H26N4O4S.ClH/c1-13-6-8-22(15(10-13)11-19)18(24)14-2-4-16(5-3-14)27(25,26)21-9-7-20-17(23)12-21;/h2-5,13,15H,6-12,19H2,1H3,(H,20,23);1H. The second-order valence-corrected chi connectivity index (χ2v) is 9.17. The molecule has 2 amide bonds. The minimum atomic E-state index is -3.76. The van der Waals surface area contributed by atoms with E-state index in [1.165, 1.54) is 24.3 Å².